The van der Waals surface area contributed by atoms with E-state index in [1.54, 1.807) is 19.2 Å². The topological polar surface area (TPSA) is 73.9 Å². The highest BCUT2D eigenvalue weighted by molar-refractivity contribution is 7.89. The van der Waals surface area contributed by atoms with E-state index in [1.807, 2.05) is 12.1 Å². The van der Waals surface area contributed by atoms with E-state index in [-0.39, 0.29) is 17.3 Å². The Hall–Kier alpha value is -1.96. The van der Waals surface area contributed by atoms with E-state index in [9.17, 15) is 8.42 Å². The summed E-state index contributed by atoms with van der Waals surface area (Å²) in [5, 5.41) is 0.316. The van der Waals surface area contributed by atoms with Gasteiger partial charge in [0.1, 0.15) is 28.8 Å². The second-order valence-electron chi connectivity index (χ2n) is 5.60. The van der Waals surface area contributed by atoms with Gasteiger partial charge in [-0.25, -0.2) is 13.1 Å². The van der Waals surface area contributed by atoms with E-state index in [1.165, 1.54) is 19.2 Å². The zero-order valence-electron chi connectivity index (χ0n) is 13.8. The van der Waals surface area contributed by atoms with Crippen molar-refractivity contribution in [2.75, 3.05) is 20.8 Å². The monoisotopic (exact) mass is 383 g/mol. The molecule has 1 aliphatic heterocycles. The fourth-order valence-electron chi connectivity index (χ4n) is 2.72. The second-order valence-corrected chi connectivity index (χ2v) is 7.72. The number of ether oxygens (including phenoxy) is 3. The fourth-order valence-corrected chi connectivity index (χ4v) is 4.37. The lowest BCUT2D eigenvalue weighted by molar-refractivity contribution is 0.253. The summed E-state index contributed by atoms with van der Waals surface area (Å²) in [6.45, 7) is 0.238. The third-order valence-electron chi connectivity index (χ3n) is 3.91. The molecule has 2 aromatic carbocycles. The summed E-state index contributed by atoms with van der Waals surface area (Å²) in [5.74, 6) is 1.66. The first-order valence-electron chi connectivity index (χ1n) is 7.58. The van der Waals surface area contributed by atoms with Crippen molar-refractivity contribution in [2.24, 2.45) is 0 Å². The molecule has 0 spiro atoms. The molecule has 1 aliphatic rings. The summed E-state index contributed by atoms with van der Waals surface area (Å²) in [7, 11) is -0.822. The van der Waals surface area contributed by atoms with Crippen LogP contribution in [-0.2, 0) is 16.4 Å². The van der Waals surface area contributed by atoms with Crippen molar-refractivity contribution in [1.29, 1.82) is 0 Å². The molecule has 0 bridgehead atoms. The van der Waals surface area contributed by atoms with Gasteiger partial charge in [0.25, 0.3) is 0 Å². The van der Waals surface area contributed by atoms with Crippen LogP contribution in [-0.4, -0.2) is 35.3 Å². The van der Waals surface area contributed by atoms with E-state index in [0.29, 0.717) is 17.2 Å². The van der Waals surface area contributed by atoms with Gasteiger partial charge < -0.3 is 14.2 Å². The van der Waals surface area contributed by atoms with Gasteiger partial charge in [-0.2, -0.15) is 0 Å². The van der Waals surface area contributed by atoms with Gasteiger partial charge in [-0.1, -0.05) is 11.6 Å². The molecule has 1 N–H and O–H groups in total. The van der Waals surface area contributed by atoms with Gasteiger partial charge in [-0.3, -0.25) is 0 Å². The van der Waals surface area contributed by atoms with E-state index >= 15 is 0 Å². The number of benzene rings is 2. The Balaban J connectivity index is 1.83. The van der Waals surface area contributed by atoms with Crippen molar-refractivity contribution in [2.45, 2.75) is 17.4 Å². The first kappa shape index (κ1) is 17.8. The fraction of sp³-hybridized carbons (Fsp3) is 0.294. The highest BCUT2D eigenvalue weighted by Crippen LogP contribution is 2.30. The van der Waals surface area contributed by atoms with Gasteiger partial charge >= 0.3 is 0 Å². The Morgan fingerprint density at radius 2 is 1.96 bits per heavy atom. The number of halogens is 1. The zero-order valence-corrected chi connectivity index (χ0v) is 15.4. The normalized spacial score (nSPS) is 16.7. The van der Waals surface area contributed by atoms with Gasteiger partial charge in [0.05, 0.1) is 20.3 Å². The summed E-state index contributed by atoms with van der Waals surface area (Å²) >= 11 is 5.94. The highest BCUT2D eigenvalue weighted by atomic mass is 35.5. The molecule has 0 radical (unpaired) electrons. The number of sulfonamides is 1. The lowest BCUT2D eigenvalue weighted by Crippen LogP contribution is -2.42. The third-order valence-corrected chi connectivity index (χ3v) is 5.69. The summed E-state index contributed by atoms with van der Waals surface area (Å²) in [4.78, 5) is -0.000982. The van der Waals surface area contributed by atoms with Crippen molar-refractivity contribution in [3.05, 3.63) is 47.0 Å². The molecule has 25 heavy (non-hydrogen) atoms. The predicted molar refractivity (Wildman–Crippen MR) is 94.3 cm³/mol. The van der Waals surface area contributed by atoms with Gasteiger partial charge in [-0.15, -0.1) is 0 Å². The quantitative estimate of drug-likeness (QED) is 0.859. The molecule has 134 valence electrons. The molecular formula is C17H18ClNO5S. The van der Waals surface area contributed by atoms with E-state index < -0.39 is 16.1 Å². The molecule has 1 heterocycles. The molecule has 3 rings (SSSR count). The molecule has 0 fully saturated rings. The average Bonchev–Trinajstić information content (AvgIpc) is 2.60. The first-order chi connectivity index (χ1) is 11.9. The Morgan fingerprint density at radius 1 is 1.16 bits per heavy atom. The minimum atomic E-state index is -3.81. The van der Waals surface area contributed by atoms with Crippen molar-refractivity contribution < 1.29 is 22.6 Å². The molecule has 1 atom stereocenters. The number of rotatable bonds is 5. The molecule has 0 aromatic heterocycles. The number of methoxy groups -OCH3 is 2. The van der Waals surface area contributed by atoms with Crippen LogP contribution in [0.1, 0.15) is 5.56 Å². The molecular weight excluding hydrogens is 366 g/mol. The summed E-state index contributed by atoms with van der Waals surface area (Å²) < 4.78 is 44.1. The number of hydrogen-bond donors (Lipinski definition) is 1. The molecule has 0 saturated heterocycles. The summed E-state index contributed by atoms with van der Waals surface area (Å²) in [6, 6.07) is 9.52. The Labute approximate surface area is 151 Å². The lowest BCUT2D eigenvalue weighted by atomic mass is 10.0. The lowest BCUT2D eigenvalue weighted by Gasteiger charge is -2.26. The Kier molecular flexibility index (Phi) is 5.08. The minimum absolute atomic E-state index is 0.000982. The van der Waals surface area contributed by atoms with Crippen LogP contribution in [0.25, 0.3) is 0 Å². The summed E-state index contributed by atoms with van der Waals surface area (Å²) in [5.41, 5.74) is 0.886. The van der Waals surface area contributed by atoms with Gasteiger partial charge in [0, 0.05) is 5.02 Å². The molecule has 0 unspecified atom stereocenters. The van der Waals surface area contributed by atoms with Crippen molar-refractivity contribution in [1.82, 2.24) is 4.72 Å². The van der Waals surface area contributed by atoms with Crippen LogP contribution in [0.3, 0.4) is 0 Å². The van der Waals surface area contributed by atoms with Crippen LogP contribution in [0.2, 0.25) is 5.02 Å². The number of fused-ring (bicyclic) bond motifs is 1. The Morgan fingerprint density at radius 3 is 2.68 bits per heavy atom. The highest BCUT2D eigenvalue weighted by Gasteiger charge is 2.28. The standard InChI is InChI=1S/C17H18ClNO5S/c1-22-14-4-6-15-11(8-14)7-13(10-24-15)19-25(20,21)17-9-12(18)3-5-16(17)23-2/h3-6,8-9,13,19H,7,10H2,1-2H3/t13-/m1/s1. The third kappa shape index (κ3) is 3.84. The minimum Gasteiger partial charge on any atom is -0.497 e. The number of nitrogens with one attached hydrogen (secondary N) is 1. The van der Waals surface area contributed by atoms with Crippen LogP contribution in [0.4, 0.5) is 0 Å². The molecule has 6 nitrogen and oxygen atoms in total. The molecule has 0 saturated carbocycles. The Bertz CT molecular complexity index is 885. The summed E-state index contributed by atoms with van der Waals surface area (Å²) in [6.07, 6.45) is 0.495. The maximum atomic E-state index is 12.7. The van der Waals surface area contributed by atoms with Crippen molar-refractivity contribution in [3.63, 3.8) is 0 Å². The molecule has 8 heteroatoms. The van der Waals surface area contributed by atoms with E-state index in [2.05, 4.69) is 4.72 Å². The van der Waals surface area contributed by atoms with Crippen LogP contribution in [0, 0.1) is 0 Å². The molecule has 2 aromatic rings. The van der Waals surface area contributed by atoms with Gasteiger partial charge in [0.15, 0.2) is 0 Å². The number of hydrogen-bond acceptors (Lipinski definition) is 5. The smallest absolute Gasteiger partial charge is 0.244 e. The van der Waals surface area contributed by atoms with Crippen LogP contribution >= 0.6 is 11.6 Å². The van der Waals surface area contributed by atoms with E-state index in [0.717, 1.165) is 11.3 Å². The van der Waals surface area contributed by atoms with Gasteiger partial charge in [-0.05, 0) is 48.4 Å². The van der Waals surface area contributed by atoms with Gasteiger partial charge in [0.2, 0.25) is 10.0 Å². The van der Waals surface area contributed by atoms with Crippen molar-refractivity contribution >= 4 is 21.6 Å². The zero-order chi connectivity index (χ0) is 18.0. The largest absolute Gasteiger partial charge is 0.497 e. The van der Waals surface area contributed by atoms with E-state index in [4.69, 9.17) is 25.8 Å². The predicted octanol–water partition coefficient (Wildman–Crippen LogP) is 2.64. The average molecular weight is 384 g/mol. The van der Waals surface area contributed by atoms with Crippen LogP contribution in [0.15, 0.2) is 41.3 Å². The van der Waals surface area contributed by atoms with Crippen LogP contribution < -0.4 is 18.9 Å². The van der Waals surface area contributed by atoms with Crippen molar-refractivity contribution in [3.8, 4) is 17.2 Å². The molecule has 0 amide bonds. The second kappa shape index (κ2) is 7.11. The maximum absolute atomic E-state index is 12.7. The molecule has 0 aliphatic carbocycles. The van der Waals surface area contributed by atoms with Crippen LogP contribution in [0.5, 0.6) is 17.2 Å². The maximum Gasteiger partial charge on any atom is 0.244 e. The first-order valence-corrected chi connectivity index (χ1v) is 9.44. The SMILES string of the molecule is COc1ccc2c(c1)C[C@@H](NS(=O)(=O)c1cc(Cl)ccc1OC)CO2.